The van der Waals surface area contributed by atoms with Gasteiger partial charge in [0.25, 0.3) is 0 Å². The number of aryl methyl sites for hydroxylation is 1. The van der Waals surface area contributed by atoms with Crippen LogP contribution in [0, 0.1) is 12.7 Å². The number of carbonyl (C=O) groups excluding carboxylic acids is 1. The second kappa shape index (κ2) is 5.64. The number of rotatable bonds is 4. The monoisotopic (exact) mass is 297 g/mol. The van der Waals surface area contributed by atoms with E-state index in [9.17, 15) is 9.18 Å². The Morgan fingerprint density at radius 1 is 1.14 bits per heavy atom. The number of ether oxygens (including phenoxy) is 1. The summed E-state index contributed by atoms with van der Waals surface area (Å²) in [6.07, 6.45) is -0.769. The van der Waals surface area contributed by atoms with Gasteiger partial charge >= 0.3 is 0 Å². The molecule has 0 unspecified atom stereocenters. The second-order valence-electron chi connectivity index (χ2n) is 5.23. The van der Waals surface area contributed by atoms with E-state index in [0.717, 1.165) is 16.6 Å². The van der Waals surface area contributed by atoms with Crippen molar-refractivity contribution in [2.24, 2.45) is 0 Å². The van der Waals surface area contributed by atoms with Crippen LogP contribution in [0.3, 0.4) is 0 Å². The molecule has 4 heteroatoms. The third-order valence-corrected chi connectivity index (χ3v) is 3.65. The van der Waals surface area contributed by atoms with Crippen molar-refractivity contribution >= 4 is 16.7 Å². The third kappa shape index (κ3) is 2.48. The van der Waals surface area contributed by atoms with E-state index in [1.54, 1.807) is 19.1 Å². The van der Waals surface area contributed by atoms with E-state index < -0.39 is 11.9 Å². The maximum atomic E-state index is 13.6. The van der Waals surface area contributed by atoms with Gasteiger partial charge in [0.05, 0.1) is 0 Å². The molecule has 0 amide bonds. The minimum Gasteiger partial charge on any atom is -0.479 e. The zero-order valence-electron chi connectivity index (χ0n) is 12.4. The molecule has 3 aromatic rings. The van der Waals surface area contributed by atoms with E-state index in [1.165, 1.54) is 12.1 Å². The number of halogens is 1. The number of nitrogens with one attached hydrogen (secondary N) is 1. The van der Waals surface area contributed by atoms with Crippen molar-refractivity contribution in [3.05, 3.63) is 65.6 Å². The van der Waals surface area contributed by atoms with Crippen LogP contribution in [0.25, 0.3) is 10.9 Å². The Labute approximate surface area is 127 Å². The zero-order valence-corrected chi connectivity index (χ0v) is 12.4. The molecule has 112 valence electrons. The lowest BCUT2D eigenvalue weighted by Gasteiger charge is -2.14. The lowest BCUT2D eigenvalue weighted by Crippen LogP contribution is -2.24. The molecule has 2 aromatic carbocycles. The average molecular weight is 297 g/mol. The van der Waals surface area contributed by atoms with Crippen molar-refractivity contribution in [1.29, 1.82) is 0 Å². The summed E-state index contributed by atoms with van der Waals surface area (Å²) in [6.45, 7) is 3.49. The predicted octanol–water partition coefficient (Wildman–Crippen LogP) is 4.27. The number of H-pyrrole nitrogens is 1. The van der Waals surface area contributed by atoms with Gasteiger partial charge in [0, 0.05) is 22.2 Å². The van der Waals surface area contributed by atoms with Crippen molar-refractivity contribution in [3.8, 4) is 5.75 Å². The topological polar surface area (TPSA) is 42.1 Å². The largest absolute Gasteiger partial charge is 0.479 e. The van der Waals surface area contributed by atoms with Gasteiger partial charge in [-0.2, -0.15) is 0 Å². The number of aromatic nitrogens is 1. The maximum Gasteiger partial charge on any atom is 0.205 e. The lowest BCUT2D eigenvalue weighted by molar-refractivity contribution is 0.0813. The Morgan fingerprint density at radius 2 is 1.82 bits per heavy atom. The lowest BCUT2D eigenvalue weighted by atomic mass is 10.0. The molecule has 0 aliphatic heterocycles. The fourth-order valence-electron chi connectivity index (χ4n) is 2.58. The van der Waals surface area contributed by atoms with E-state index in [2.05, 4.69) is 4.98 Å². The summed E-state index contributed by atoms with van der Waals surface area (Å²) < 4.78 is 19.1. The molecule has 3 rings (SSSR count). The summed E-state index contributed by atoms with van der Waals surface area (Å²) in [7, 11) is 0. The Hall–Kier alpha value is -2.62. The summed E-state index contributed by atoms with van der Waals surface area (Å²) in [5.41, 5.74) is 2.29. The van der Waals surface area contributed by atoms with Crippen LogP contribution in [0.1, 0.15) is 23.0 Å². The molecular formula is C18H16FNO2. The quantitative estimate of drug-likeness (QED) is 0.731. The highest BCUT2D eigenvalue weighted by Crippen LogP contribution is 2.25. The van der Waals surface area contributed by atoms with Gasteiger partial charge in [0.1, 0.15) is 0 Å². The first-order valence-corrected chi connectivity index (χ1v) is 7.10. The number of fused-ring (bicyclic) bond motifs is 1. The molecule has 0 spiro atoms. The number of Topliss-reactive ketones (excluding diaryl/α,β-unsaturated/α-hetero) is 1. The van der Waals surface area contributed by atoms with Crippen LogP contribution in [0.15, 0.2) is 48.5 Å². The second-order valence-corrected chi connectivity index (χ2v) is 5.23. The van der Waals surface area contributed by atoms with Crippen LogP contribution in [0.4, 0.5) is 4.39 Å². The van der Waals surface area contributed by atoms with E-state index in [0.29, 0.717) is 5.56 Å². The van der Waals surface area contributed by atoms with Gasteiger partial charge < -0.3 is 9.72 Å². The standard InChI is InChI=1S/C18H16FNO2/c1-11-17(13-7-3-5-9-15(13)20-11)18(21)12(2)22-16-10-6-4-8-14(16)19/h3-10,12,20H,1-2H3/t12-/m1/s1. The molecule has 3 nitrogen and oxygen atoms in total. The maximum absolute atomic E-state index is 13.6. The van der Waals surface area contributed by atoms with Crippen molar-refractivity contribution in [1.82, 2.24) is 4.98 Å². The number of aromatic amines is 1. The molecule has 1 atom stereocenters. The van der Waals surface area contributed by atoms with Crippen molar-refractivity contribution in [2.45, 2.75) is 20.0 Å². The number of benzene rings is 2. The molecule has 22 heavy (non-hydrogen) atoms. The van der Waals surface area contributed by atoms with Gasteiger partial charge in [-0.3, -0.25) is 4.79 Å². The van der Waals surface area contributed by atoms with Crippen LogP contribution in [0.2, 0.25) is 0 Å². The van der Waals surface area contributed by atoms with E-state index >= 15 is 0 Å². The van der Waals surface area contributed by atoms with Crippen LogP contribution in [-0.4, -0.2) is 16.9 Å². The molecule has 0 aliphatic rings. The summed E-state index contributed by atoms with van der Waals surface area (Å²) in [4.78, 5) is 15.9. The van der Waals surface area contributed by atoms with Gasteiger partial charge in [-0.1, -0.05) is 30.3 Å². The van der Waals surface area contributed by atoms with Crippen LogP contribution in [-0.2, 0) is 0 Å². The minimum absolute atomic E-state index is 0.0841. The van der Waals surface area contributed by atoms with Crippen molar-refractivity contribution < 1.29 is 13.9 Å². The Kier molecular flexibility index (Phi) is 3.67. The average Bonchev–Trinajstić information content (AvgIpc) is 2.84. The molecule has 0 radical (unpaired) electrons. The normalized spacial score (nSPS) is 12.3. The summed E-state index contributed by atoms with van der Waals surface area (Å²) >= 11 is 0. The Bertz CT molecular complexity index is 838. The Morgan fingerprint density at radius 3 is 2.59 bits per heavy atom. The molecule has 0 bridgehead atoms. The van der Waals surface area contributed by atoms with Crippen LogP contribution in [0.5, 0.6) is 5.75 Å². The number of ketones is 1. The fraction of sp³-hybridized carbons (Fsp3) is 0.167. The third-order valence-electron chi connectivity index (χ3n) is 3.65. The number of hydrogen-bond donors (Lipinski definition) is 1. The van der Waals surface area contributed by atoms with Crippen molar-refractivity contribution in [2.75, 3.05) is 0 Å². The smallest absolute Gasteiger partial charge is 0.205 e. The van der Waals surface area contributed by atoms with Gasteiger partial charge in [-0.15, -0.1) is 0 Å². The molecule has 0 saturated carbocycles. The first-order chi connectivity index (χ1) is 10.6. The number of carbonyl (C=O) groups is 1. The molecule has 1 aromatic heterocycles. The number of para-hydroxylation sites is 2. The Balaban J connectivity index is 1.92. The summed E-state index contributed by atoms with van der Waals surface area (Å²) in [5, 5.41) is 0.856. The molecule has 1 N–H and O–H groups in total. The molecule has 0 aliphatic carbocycles. The van der Waals surface area contributed by atoms with Crippen molar-refractivity contribution in [3.63, 3.8) is 0 Å². The van der Waals surface area contributed by atoms with E-state index in [1.807, 2.05) is 31.2 Å². The first-order valence-electron chi connectivity index (χ1n) is 7.10. The van der Waals surface area contributed by atoms with Crippen LogP contribution < -0.4 is 4.74 Å². The van der Waals surface area contributed by atoms with E-state index in [4.69, 9.17) is 4.74 Å². The summed E-state index contributed by atoms with van der Waals surface area (Å²) in [5.74, 6) is -0.558. The highest BCUT2D eigenvalue weighted by Gasteiger charge is 2.23. The minimum atomic E-state index is -0.769. The molecule has 1 heterocycles. The fourth-order valence-corrected chi connectivity index (χ4v) is 2.58. The van der Waals surface area contributed by atoms with Crippen LogP contribution >= 0.6 is 0 Å². The SMILES string of the molecule is Cc1[nH]c2ccccc2c1C(=O)[C@@H](C)Oc1ccccc1F. The number of hydrogen-bond acceptors (Lipinski definition) is 2. The van der Waals surface area contributed by atoms with Gasteiger partial charge in [0.15, 0.2) is 17.7 Å². The summed E-state index contributed by atoms with van der Waals surface area (Å²) in [6, 6.07) is 13.7. The van der Waals surface area contributed by atoms with Gasteiger partial charge in [0.2, 0.25) is 5.78 Å². The van der Waals surface area contributed by atoms with Gasteiger partial charge in [-0.25, -0.2) is 4.39 Å². The van der Waals surface area contributed by atoms with Gasteiger partial charge in [-0.05, 0) is 32.0 Å². The highest BCUT2D eigenvalue weighted by molar-refractivity contribution is 6.11. The first kappa shape index (κ1) is 14.3. The molecule has 0 saturated heterocycles. The van der Waals surface area contributed by atoms with E-state index in [-0.39, 0.29) is 11.5 Å². The molecular weight excluding hydrogens is 281 g/mol. The highest BCUT2D eigenvalue weighted by atomic mass is 19.1. The molecule has 0 fully saturated rings. The zero-order chi connectivity index (χ0) is 15.7. The predicted molar refractivity (Wildman–Crippen MR) is 83.9 cm³/mol.